The summed E-state index contributed by atoms with van der Waals surface area (Å²) in [5.41, 5.74) is 0.824. The van der Waals surface area contributed by atoms with Gasteiger partial charge in [0.2, 0.25) is 0 Å². The third-order valence-corrected chi connectivity index (χ3v) is 4.36. The summed E-state index contributed by atoms with van der Waals surface area (Å²) in [4.78, 5) is 12.4. The number of halogens is 1. The van der Waals surface area contributed by atoms with Gasteiger partial charge in [0.15, 0.2) is 0 Å². The van der Waals surface area contributed by atoms with Gasteiger partial charge in [-0.2, -0.15) is 0 Å². The number of carboxylic acid groups (broad SMARTS) is 1. The van der Waals surface area contributed by atoms with Crippen molar-refractivity contribution in [1.82, 2.24) is 5.32 Å². The first kappa shape index (κ1) is 12.6. The summed E-state index contributed by atoms with van der Waals surface area (Å²) in [7, 11) is 0. The highest BCUT2D eigenvalue weighted by Crippen LogP contribution is 2.21. The number of hydrogen-bond acceptors (Lipinski definition) is 4. The average molecular weight is 288 g/mol. The Bertz CT molecular complexity index is 521. The minimum absolute atomic E-state index is 0.404. The van der Waals surface area contributed by atoms with E-state index in [2.05, 4.69) is 5.32 Å². The van der Waals surface area contributed by atoms with E-state index in [0.717, 1.165) is 14.8 Å². The Morgan fingerprint density at radius 3 is 2.82 bits per heavy atom. The van der Waals surface area contributed by atoms with Crippen LogP contribution in [0.4, 0.5) is 0 Å². The molecule has 2 aromatic rings. The molecule has 0 aromatic carbocycles. The Morgan fingerprint density at radius 1 is 1.35 bits per heavy atom. The number of thiophene rings is 2. The van der Waals surface area contributed by atoms with Crippen molar-refractivity contribution in [2.45, 2.75) is 13.1 Å². The molecule has 3 nitrogen and oxygen atoms in total. The molecule has 0 saturated carbocycles. The maximum atomic E-state index is 10.9. The molecule has 0 spiro atoms. The molecular weight excluding hydrogens is 278 g/mol. The van der Waals surface area contributed by atoms with Gasteiger partial charge in [-0.05, 0) is 29.1 Å². The lowest BCUT2D eigenvalue weighted by atomic mass is 10.2. The van der Waals surface area contributed by atoms with Crippen LogP contribution in [0.1, 0.15) is 20.1 Å². The molecule has 0 amide bonds. The van der Waals surface area contributed by atoms with E-state index in [4.69, 9.17) is 16.7 Å². The second-order valence-electron chi connectivity index (χ2n) is 3.39. The second kappa shape index (κ2) is 5.64. The molecule has 6 heteroatoms. The molecule has 0 radical (unpaired) electrons. The van der Waals surface area contributed by atoms with Gasteiger partial charge >= 0.3 is 5.97 Å². The summed E-state index contributed by atoms with van der Waals surface area (Å²) in [6, 6.07) is 5.66. The Hall–Kier alpha value is -0.880. The highest BCUT2D eigenvalue weighted by Gasteiger charge is 2.10. The number of hydrogen-bond donors (Lipinski definition) is 2. The van der Waals surface area contributed by atoms with Crippen LogP contribution in [0.25, 0.3) is 0 Å². The summed E-state index contributed by atoms with van der Waals surface area (Å²) in [6.45, 7) is 1.26. The third kappa shape index (κ3) is 3.29. The molecule has 17 heavy (non-hydrogen) atoms. The summed E-state index contributed by atoms with van der Waals surface area (Å²) in [5.74, 6) is -0.865. The predicted octanol–water partition coefficient (Wildman–Crippen LogP) is 3.45. The molecule has 2 rings (SSSR count). The smallest absolute Gasteiger partial charge is 0.346 e. The van der Waals surface area contributed by atoms with Gasteiger partial charge in [0.05, 0.1) is 4.34 Å². The highest BCUT2D eigenvalue weighted by molar-refractivity contribution is 7.16. The van der Waals surface area contributed by atoms with E-state index < -0.39 is 5.97 Å². The fraction of sp³-hybridized carbons (Fsp3) is 0.182. The van der Waals surface area contributed by atoms with Gasteiger partial charge < -0.3 is 10.4 Å². The van der Waals surface area contributed by atoms with Crippen molar-refractivity contribution >= 4 is 40.2 Å². The highest BCUT2D eigenvalue weighted by atomic mass is 35.5. The fourth-order valence-electron chi connectivity index (χ4n) is 1.43. The lowest BCUT2D eigenvalue weighted by Gasteiger charge is -2.02. The number of aromatic carboxylic acids is 1. The van der Waals surface area contributed by atoms with Gasteiger partial charge in [0, 0.05) is 18.0 Å². The average Bonchev–Trinajstić information content (AvgIpc) is 2.87. The van der Waals surface area contributed by atoms with Crippen molar-refractivity contribution in [3.05, 3.63) is 43.2 Å². The standard InChI is InChI=1S/C11H10ClNO2S2/c12-9-2-1-8(17-9)6-13-5-7-3-4-16-10(7)11(14)15/h1-4,13H,5-6H2,(H,14,15). The quantitative estimate of drug-likeness (QED) is 0.885. The maximum Gasteiger partial charge on any atom is 0.346 e. The van der Waals surface area contributed by atoms with Crippen LogP contribution in [-0.2, 0) is 13.1 Å². The van der Waals surface area contributed by atoms with Crippen molar-refractivity contribution in [3.63, 3.8) is 0 Å². The minimum Gasteiger partial charge on any atom is -0.477 e. The van der Waals surface area contributed by atoms with Gasteiger partial charge in [-0.1, -0.05) is 11.6 Å². The molecular formula is C11H10ClNO2S2. The summed E-state index contributed by atoms with van der Waals surface area (Å²) in [6.07, 6.45) is 0. The topological polar surface area (TPSA) is 49.3 Å². The lowest BCUT2D eigenvalue weighted by Crippen LogP contribution is -2.13. The van der Waals surface area contributed by atoms with Gasteiger partial charge in [-0.25, -0.2) is 4.79 Å². The van der Waals surface area contributed by atoms with Crippen molar-refractivity contribution in [1.29, 1.82) is 0 Å². The van der Waals surface area contributed by atoms with Crippen molar-refractivity contribution in [2.75, 3.05) is 0 Å². The van der Waals surface area contributed by atoms with E-state index in [1.54, 1.807) is 5.38 Å². The van der Waals surface area contributed by atoms with Gasteiger partial charge in [-0.15, -0.1) is 22.7 Å². The summed E-state index contributed by atoms with van der Waals surface area (Å²) >= 11 is 8.59. The SMILES string of the molecule is O=C(O)c1sccc1CNCc1ccc(Cl)s1. The maximum absolute atomic E-state index is 10.9. The second-order valence-corrected chi connectivity index (χ2v) is 6.11. The molecule has 0 atom stereocenters. The van der Waals surface area contributed by atoms with Crippen LogP contribution in [0.3, 0.4) is 0 Å². The van der Waals surface area contributed by atoms with Crippen LogP contribution in [0.5, 0.6) is 0 Å². The molecule has 0 unspecified atom stereocenters. The van der Waals surface area contributed by atoms with Crippen LogP contribution in [0, 0.1) is 0 Å². The third-order valence-electron chi connectivity index (χ3n) is 2.18. The van der Waals surface area contributed by atoms with Crippen molar-refractivity contribution in [3.8, 4) is 0 Å². The van der Waals surface area contributed by atoms with Crippen molar-refractivity contribution in [2.24, 2.45) is 0 Å². The van der Waals surface area contributed by atoms with E-state index in [1.807, 2.05) is 18.2 Å². The van der Waals surface area contributed by atoms with E-state index in [0.29, 0.717) is 18.0 Å². The minimum atomic E-state index is -0.865. The fourth-order valence-corrected chi connectivity index (χ4v) is 3.25. The van der Waals surface area contributed by atoms with Crippen LogP contribution in [-0.4, -0.2) is 11.1 Å². The number of carbonyl (C=O) groups is 1. The van der Waals surface area contributed by atoms with Gasteiger partial charge in [0.1, 0.15) is 4.88 Å². The first-order valence-corrected chi connectivity index (χ1v) is 6.99. The molecule has 0 aliphatic carbocycles. The molecule has 0 fully saturated rings. The number of rotatable bonds is 5. The first-order chi connectivity index (χ1) is 8.16. The molecule has 2 N–H and O–H groups in total. The number of carboxylic acids is 1. The Labute approximate surface area is 112 Å². The zero-order valence-electron chi connectivity index (χ0n) is 8.77. The Kier molecular flexibility index (Phi) is 4.17. The summed E-state index contributed by atoms with van der Waals surface area (Å²) < 4.78 is 0.767. The van der Waals surface area contributed by atoms with Crippen LogP contribution < -0.4 is 5.32 Å². The zero-order valence-corrected chi connectivity index (χ0v) is 11.2. The van der Waals surface area contributed by atoms with Gasteiger partial charge in [-0.3, -0.25) is 0 Å². The summed E-state index contributed by atoms with van der Waals surface area (Å²) in [5, 5.41) is 13.9. The molecule has 0 saturated heterocycles. The first-order valence-electron chi connectivity index (χ1n) is 4.91. The van der Waals surface area contributed by atoms with E-state index >= 15 is 0 Å². The van der Waals surface area contributed by atoms with E-state index in [9.17, 15) is 4.79 Å². The molecule has 2 heterocycles. The largest absolute Gasteiger partial charge is 0.477 e. The van der Waals surface area contributed by atoms with Crippen LogP contribution in [0.15, 0.2) is 23.6 Å². The normalized spacial score (nSPS) is 10.6. The molecule has 0 aliphatic heterocycles. The van der Waals surface area contributed by atoms with Crippen molar-refractivity contribution < 1.29 is 9.90 Å². The van der Waals surface area contributed by atoms with Crippen LogP contribution >= 0.6 is 34.3 Å². The predicted molar refractivity (Wildman–Crippen MR) is 71.2 cm³/mol. The van der Waals surface area contributed by atoms with Crippen LogP contribution in [0.2, 0.25) is 4.34 Å². The molecule has 90 valence electrons. The lowest BCUT2D eigenvalue weighted by molar-refractivity contribution is 0.0701. The van der Waals surface area contributed by atoms with Gasteiger partial charge in [0.25, 0.3) is 0 Å². The molecule has 0 aliphatic rings. The van der Waals surface area contributed by atoms with E-state index in [1.165, 1.54) is 22.7 Å². The molecule has 2 aromatic heterocycles. The monoisotopic (exact) mass is 287 g/mol. The number of nitrogens with one attached hydrogen (secondary N) is 1. The Morgan fingerprint density at radius 2 is 2.18 bits per heavy atom. The zero-order chi connectivity index (χ0) is 12.3. The van der Waals surface area contributed by atoms with E-state index in [-0.39, 0.29) is 0 Å². The Balaban J connectivity index is 1.90. The molecule has 0 bridgehead atoms.